The van der Waals surface area contributed by atoms with Crippen molar-refractivity contribution in [3.05, 3.63) is 0 Å². The summed E-state index contributed by atoms with van der Waals surface area (Å²) in [5, 5.41) is 0. The molecule has 70 valence electrons. The molecule has 1 aliphatic carbocycles. The van der Waals surface area contributed by atoms with Crippen LogP contribution in [0, 0.1) is 5.92 Å². The number of thioether (sulfide) groups is 2. The van der Waals surface area contributed by atoms with Crippen LogP contribution in [0.25, 0.3) is 0 Å². The van der Waals surface area contributed by atoms with Gasteiger partial charge in [0.2, 0.25) is 0 Å². The minimum atomic E-state index is 0.337. The van der Waals surface area contributed by atoms with Gasteiger partial charge in [-0.2, -0.15) is 23.5 Å². The Balaban J connectivity index is 2.51. The molecular weight excluding hydrogens is 188 g/mol. The lowest BCUT2D eigenvalue weighted by atomic mass is 9.89. The monoisotopic (exact) mass is 204 g/mol. The molecule has 0 aliphatic heterocycles. The second kappa shape index (κ2) is 5.18. The summed E-state index contributed by atoms with van der Waals surface area (Å²) < 4.78 is 0.498. The van der Waals surface area contributed by atoms with Crippen LogP contribution < -0.4 is 0 Å². The smallest absolute Gasteiger partial charge is 0.137 e. The molecule has 1 aliphatic rings. The highest BCUT2D eigenvalue weighted by Crippen LogP contribution is 2.34. The summed E-state index contributed by atoms with van der Waals surface area (Å²) in [5.74, 6) is 0.832. The molecular formula is C9H16OS2. The number of hydrogen-bond donors (Lipinski definition) is 0. The minimum absolute atomic E-state index is 0.337. The zero-order valence-electron chi connectivity index (χ0n) is 7.71. The fourth-order valence-corrected chi connectivity index (χ4v) is 3.73. The SMILES string of the molecule is CSC(SC)C1CCCCC1=O. The Kier molecular flexibility index (Phi) is 4.51. The summed E-state index contributed by atoms with van der Waals surface area (Å²) in [6.07, 6.45) is 8.50. The first-order valence-corrected chi connectivity index (χ1v) is 6.95. The van der Waals surface area contributed by atoms with Crippen LogP contribution in [0.3, 0.4) is 0 Å². The van der Waals surface area contributed by atoms with Crippen molar-refractivity contribution in [2.24, 2.45) is 5.92 Å². The Labute approximate surface area is 83.1 Å². The van der Waals surface area contributed by atoms with Crippen molar-refractivity contribution >= 4 is 29.3 Å². The predicted octanol–water partition coefficient (Wildman–Crippen LogP) is 2.80. The molecule has 0 N–H and O–H groups in total. The highest BCUT2D eigenvalue weighted by atomic mass is 32.2. The number of carbonyl (C=O) groups is 1. The summed E-state index contributed by atoms with van der Waals surface area (Å²) in [7, 11) is 0. The van der Waals surface area contributed by atoms with E-state index in [1.54, 1.807) is 0 Å². The third-order valence-corrected chi connectivity index (χ3v) is 5.14. The lowest BCUT2D eigenvalue weighted by Gasteiger charge is -2.26. The molecule has 0 radical (unpaired) electrons. The van der Waals surface area contributed by atoms with Crippen molar-refractivity contribution in [1.29, 1.82) is 0 Å². The molecule has 0 aromatic heterocycles. The van der Waals surface area contributed by atoms with Gasteiger partial charge in [-0.15, -0.1) is 0 Å². The first kappa shape index (κ1) is 10.5. The first-order chi connectivity index (χ1) is 5.79. The molecule has 1 fully saturated rings. The van der Waals surface area contributed by atoms with Gasteiger partial charge < -0.3 is 0 Å². The fourth-order valence-electron chi connectivity index (χ4n) is 1.72. The van der Waals surface area contributed by atoms with Gasteiger partial charge in [0.05, 0.1) is 4.58 Å². The van der Waals surface area contributed by atoms with E-state index < -0.39 is 0 Å². The van der Waals surface area contributed by atoms with Crippen LogP contribution in [0.1, 0.15) is 25.7 Å². The Morgan fingerprint density at radius 1 is 1.33 bits per heavy atom. The molecule has 1 atom stereocenters. The van der Waals surface area contributed by atoms with Crippen LogP contribution >= 0.6 is 23.5 Å². The number of rotatable bonds is 3. The van der Waals surface area contributed by atoms with Gasteiger partial charge in [-0.1, -0.05) is 6.42 Å². The normalized spacial score (nSPS) is 24.9. The van der Waals surface area contributed by atoms with E-state index in [1.165, 1.54) is 6.42 Å². The Bertz CT molecular complexity index is 155. The van der Waals surface area contributed by atoms with E-state index >= 15 is 0 Å². The molecule has 0 saturated heterocycles. The minimum Gasteiger partial charge on any atom is -0.299 e. The van der Waals surface area contributed by atoms with Crippen molar-refractivity contribution in [3.8, 4) is 0 Å². The maximum absolute atomic E-state index is 11.5. The third kappa shape index (κ3) is 2.43. The van der Waals surface area contributed by atoms with E-state index in [9.17, 15) is 4.79 Å². The van der Waals surface area contributed by atoms with Crippen LogP contribution in [0.5, 0.6) is 0 Å². The molecule has 1 saturated carbocycles. The molecule has 0 amide bonds. The largest absolute Gasteiger partial charge is 0.299 e. The molecule has 1 rings (SSSR count). The van der Waals surface area contributed by atoms with Crippen molar-refractivity contribution in [2.75, 3.05) is 12.5 Å². The second-order valence-electron chi connectivity index (χ2n) is 3.16. The van der Waals surface area contributed by atoms with E-state index in [2.05, 4.69) is 12.5 Å². The summed E-state index contributed by atoms with van der Waals surface area (Å²) in [6.45, 7) is 0. The zero-order valence-corrected chi connectivity index (χ0v) is 9.34. The number of Topliss-reactive ketones (excluding diaryl/α,β-unsaturated/α-hetero) is 1. The molecule has 0 aromatic carbocycles. The Hall–Kier alpha value is 0.370. The van der Waals surface area contributed by atoms with Gasteiger partial charge >= 0.3 is 0 Å². The van der Waals surface area contributed by atoms with Crippen LogP contribution in [-0.4, -0.2) is 22.9 Å². The average molecular weight is 204 g/mol. The van der Waals surface area contributed by atoms with Crippen molar-refractivity contribution in [2.45, 2.75) is 30.3 Å². The van der Waals surface area contributed by atoms with Crippen molar-refractivity contribution in [3.63, 3.8) is 0 Å². The summed E-state index contributed by atoms with van der Waals surface area (Å²) in [6, 6.07) is 0. The fraction of sp³-hybridized carbons (Fsp3) is 0.889. The second-order valence-corrected chi connectivity index (χ2v) is 5.42. The van der Waals surface area contributed by atoms with Gasteiger partial charge in [0, 0.05) is 12.3 Å². The first-order valence-electron chi connectivity index (χ1n) is 4.38. The third-order valence-electron chi connectivity index (χ3n) is 2.40. The summed E-state index contributed by atoms with van der Waals surface area (Å²) >= 11 is 3.64. The lowest BCUT2D eigenvalue weighted by Crippen LogP contribution is -2.26. The quantitative estimate of drug-likeness (QED) is 0.658. The lowest BCUT2D eigenvalue weighted by molar-refractivity contribution is -0.123. The molecule has 0 aromatic rings. The molecule has 12 heavy (non-hydrogen) atoms. The maximum atomic E-state index is 11.5. The Morgan fingerprint density at radius 3 is 2.50 bits per heavy atom. The topological polar surface area (TPSA) is 17.1 Å². The molecule has 0 spiro atoms. The Morgan fingerprint density at radius 2 is 2.00 bits per heavy atom. The van der Waals surface area contributed by atoms with Crippen LogP contribution in [0.2, 0.25) is 0 Å². The average Bonchev–Trinajstić information content (AvgIpc) is 2.10. The van der Waals surface area contributed by atoms with E-state index in [-0.39, 0.29) is 0 Å². The molecule has 3 heteroatoms. The highest BCUT2D eigenvalue weighted by Gasteiger charge is 2.28. The number of hydrogen-bond acceptors (Lipinski definition) is 3. The summed E-state index contributed by atoms with van der Waals surface area (Å²) in [5.41, 5.74) is 0. The zero-order chi connectivity index (χ0) is 8.97. The van der Waals surface area contributed by atoms with Gasteiger partial charge in [-0.25, -0.2) is 0 Å². The van der Waals surface area contributed by atoms with Gasteiger partial charge in [0.1, 0.15) is 5.78 Å². The van der Waals surface area contributed by atoms with Crippen LogP contribution in [0.15, 0.2) is 0 Å². The van der Waals surface area contributed by atoms with Crippen molar-refractivity contribution < 1.29 is 4.79 Å². The molecule has 0 heterocycles. The number of carbonyl (C=O) groups excluding carboxylic acids is 1. The molecule has 1 nitrogen and oxygen atoms in total. The van der Waals surface area contributed by atoms with E-state index in [0.29, 0.717) is 16.3 Å². The molecule has 1 unspecified atom stereocenters. The summed E-state index contributed by atoms with van der Waals surface area (Å²) in [4.78, 5) is 11.5. The number of ketones is 1. The van der Waals surface area contributed by atoms with E-state index in [4.69, 9.17) is 0 Å². The van der Waals surface area contributed by atoms with E-state index in [0.717, 1.165) is 19.3 Å². The predicted molar refractivity (Wildman–Crippen MR) is 57.8 cm³/mol. The molecule has 0 bridgehead atoms. The van der Waals surface area contributed by atoms with Crippen LogP contribution in [0.4, 0.5) is 0 Å². The van der Waals surface area contributed by atoms with Gasteiger partial charge in [0.15, 0.2) is 0 Å². The maximum Gasteiger partial charge on any atom is 0.137 e. The van der Waals surface area contributed by atoms with Gasteiger partial charge in [0.25, 0.3) is 0 Å². The standard InChI is InChI=1S/C9H16OS2/c1-11-9(12-2)7-5-3-4-6-8(7)10/h7,9H,3-6H2,1-2H3. The highest BCUT2D eigenvalue weighted by molar-refractivity contribution is 8.16. The van der Waals surface area contributed by atoms with Crippen molar-refractivity contribution in [1.82, 2.24) is 0 Å². The van der Waals surface area contributed by atoms with Gasteiger partial charge in [-0.05, 0) is 25.4 Å². The van der Waals surface area contributed by atoms with Crippen LogP contribution in [-0.2, 0) is 4.79 Å². The van der Waals surface area contributed by atoms with E-state index in [1.807, 2.05) is 23.5 Å². The van der Waals surface area contributed by atoms with Gasteiger partial charge in [-0.3, -0.25) is 4.79 Å².